The number of hydrogen-bond acceptors (Lipinski definition) is 1. The molecule has 0 radical (unpaired) electrons. The second-order valence-corrected chi connectivity index (χ2v) is 9.08. The van der Waals surface area contributed by atoms with Crippen molar-refractivity contribution in [2.24, 2.45) is 5.92 Å². The van der Waals surface area contributed by atoms with Crippen molar-refractivity contribution in [2.75, 3.05) is 0 Å². The standard InChI is InChI=1S/C16H24ClNOS/c1-11-10-13(8-9-14(11)17)15(12-6-5-7-12)18-20(19)16(2,3)4/h8-10,12,15,18H,5-7H2,1-4H3/t15-,20+/m0/s1. The van der Waals surface area contributed by atoms with Crippen molar-refractivity contribution in [2.45, 2.75) is 57.7 Å². The van der Waals surface area contributed by atoms with Gasteiger partial charge in [-0.25, -0.2) is 8.93 Å². The zero-order chi connectivity index (χ0) is 14.9. The predicted octanol–water partition coefficient (Wildman–Crippen LogP) is 4.54. The fraction of sp³-hybridized carbons (Fsp3) is 0.625. The minimum absolute atomic E-state index is 0.166. The molecule has 1 fully saturated rings. The van der Waals surface area contributed by atoms with Crippen molar-refractivity contribution in [1.82, 2.24) is 4.72 Å². The van der Waals surface area contributed by atoms with Gasteiger partial charge in [0.2, 0.25) is 0 Å². The smallest absolute Gasteiger partial charge is 0.0976 e. The Hall–Kier alpha value is -0.380. The van der Waals surface area contributed by atoms with Crippen LogP contribution < -0.4 is 4.72 Å². The zero-order valence-electron chi connectivity index (χ0n) is 12.7. The zero-order valence-corrected chi connectivity index (χ0v) is 14.3. The maximum absolute atomic E-state index is 12.4. The maximum Gasteiger partial charge on any atom is 0.0976 e. The quantitative estimate of drug-likeness (QED) is 0.868. The molecule has 2 atom stereocenters. The Bertz CT molecular complexity index is 506. The van der Waals surface area contributed by atoms with E-state index >= 15 is 0 Å². The number of rotatable bonds is 4. The fourth-order valence-corrected chi connectivity index (χ4v) is 3.39. The van der Waals surface area contributed by atoms with Gasteiger partial charge in [-0.3, -0.25) is 0 Å². The minimum atomic E-state index is -1.05. The van der Waals surface area contributed by atoms with Crippen LogP contribution in [0.5, 0.6) is 0 Å². The van der Waals surface area contributed by atoms with E-state index in [4.69, 9.17) is 11.6 Å². The molecule has 0 saturated heterocycles. The summed E-state index contributed by atoms with van der Waals surface area (Å²) in [5, 5.41) is 0.790. The van der Waals surface area contributed by atoms with Crippen LogP contribution in [-0.2, 0) is 11.0 Å². The molecule has 0 unspecified atom stereocenters. The lowest BCUT2D eigenvalue weighted by molar-refractivity contribution is 0.252. The topological polar surface area (TPSA) is 29.1 Å². The van der Waals surface area contributed by atoms with Crippen LogP contribution in [0.1, 0.15) is 57.2 Å². The Balaban J connectivity index is 2.23. The molecule has 0 amide bonds. The Labute approximate surface area is 129 Å². The van der Waals surface area contributed by atoms with Crippen LogP contribution in [0.3, 0.4) is 0 Å². The molecular formula is C16H24ClNOS. The first kappa shape index (κ1) is 16.0. The van der Waals surface area contributed by atoms with E-state index in [0.717, 1.165) is 10.6 Å². The highest BCUT2D eigenvalue weighted by atomic mass is 35.5. The summed E-state index contributed by atoms with van der Waals surface area (Å²) >= 11 is 6.11. The molecule has 20 heavy (non-hydrogen) atoms. The molecule has 1 saturated carbocycles. The lowest BCUT2D eigenvalue weighted by Crippen LogP contribution is -2.40. The highest BCUT2D eigenvalue weighted by Gasteiger charge is 2.32. The molecule has 0 aromatic heterocycles. The Morgan fingerprint density at radius 2 is 2.00 bits per heavy atom. The number of aryl methyl sites for hydroxylation is 1. The van der Waals surface area contributed by atoms with E-state index in [2.05, 4.69) is 16.9 Å². The van der Waals surface area contributed by atoms with Gasteiger partial charge in [0.1, 0.15) is 0 Å². The van der Waals surface area contributed by atoms with Crippen molar-refractivity contribution in [3.63, 3.8) is 0 Å². The molecule has 4 heteroatoms. The van der Waals surface area contributed by atoms with Crippen LogP contribution in [-0.4, -0.2) is 8.96 Å². The van der Waals surface area contributed by atoms with Gasteiger partial charge < -0.3 is 0 Å². The first-order chi connectivity index (χ1) is 9.29. The maximum atomic E-state index is 12.4. The third kappa shape index (κ3) is 3.63. The van der Waals surface area contributed by atoms with Crippen molar-refractivity contribution < 1.29 is 4.21 Å². The van der Waals surface area contributed by atoms with Crippen molar-refractivity contribution in [3.8, 4) is 0 Å². The molecule has 2 nitrogen and oxygen atoms in total. The highest BCUT2D eigenvalue weighted by molar-refractivity contribution is 7.84. The summed E-state index contributed by atoms with van der Waals surface area (Å²) < 4.78 is 15.5. The van der Waals surface area contributed by atoms with Crippen LogP contribution in [0.15, 0.2) is 18.2 Å². The first-order valence-electron chi connectivity index (χ1n) is 7.23. The van der Waals surface area contributed by atoms with Gasteiger partial charge in [0.05, 0.1) is 15.7 Å². The Morgan fingerprint density at radius 3 is 2.45 bits per heavy atom. The fourth-order valence-electron chi connectivity index (χ4n) is 2.36. The molecule has 1 N–H and O–H groups in total. The van der Waals surface area contributed by atoms with Crippen molar-refractivity contribution in [1.29, 1.82) is 0 Å². The Kier molecular flexibility index (Phi) is 4.93. The van der Waals surface area contributed by atoms with Gasteiger partial charge in [0, 0.05) is 11.1 Å². The largest absolute Gasteiger partial charge is 0.242 e. The lowest BCUT2D eigenvalue weighted by atomic mass is 9.77. The summed E-state index contributed by atoms with van der Waals surface area (Å²) in [7, 11) is -1.05. The number of hydrogen-bond donors (Lipinski definition) is 1. The summed E-state index contributed by atoms with van der Waals surface area (Å²) in [4.78, 5) is 0. The molecule has 112 valence electrons. The monoisotopic (exact) mass is 313 g/mol. The highest BCUT2D eigenvalue weighted by Crippen LogP contribution is 2.39. The van der Waals surface area contributed by atoms with Gasteiger partial charge in [-0.1, -0.05) is 30.2 Å². The average Bonchev–Trinajstić information content (AvgIpc) is 2.28. The van der Waals surface area contributed by atoms with Gasteiger partial charge in [-0.2, -0.15) is 0 Å². The summed E-state index contributed by atoms with van der Waals surface area (Å²) in [6.07, 6.45) is 3.69. The van der Waals surface area contributed by atoms with Crippen LogP contribution >= 0.6 is 11.6 Å². The van der Waals surface area contributed by atoms with E-state index in [9.17, 15) is 4.21 Å². The number of halogens is 1. The molecule has 1 aliphatic carbocycles. The molecule has 0 heterocycles. The normalized spacial score (nSPS) is 19.4. The predicted molar refractivity (Wildman–Crippen MR) is 87.3 cm³/mol. The van der Waals surface area contributed by atoms with Crippen LogP contribution in [0.4, 0.5) is 0 Å². The molecule has 2 rings (SSSR count). The van der Waals surface area contributed by atoms with Gasteiger partial charge >= 0.3 is 0 Å². The number of nitrogens with one attached hydrogen (secondary N) is 1. The van der Waals surface area contributed by atoms with Crippen LogP contribution in [0.25, 0.3) is 0 Å². The van der Waals surface area contributed by atoms with E-state index in [1.54, 1.807) is 0 Å². The van der Waals surface area contributed by atoms with Gasteiger partial charge in [0.15, 0.2) is 0 Å². The second-order valence-electron chi connectivity index (χ2n) is 6.68. The van der Waals surface area contributed by atoms with E-state index in [0.29, 0.717) is 5.92 Å². The van der Waals surface area contributed by atoms with E-state index in [-0.39, 0.29) is 10.8 Å². The molecular weight excluding hydrogens is 290 g/mol. The van der Waals surface area contributed by atoms with Crippen molar-refractivity contribution >= 4 is 22.6 Å². The van der Waals surface area contributed by atoms with Crippen molar-refractivity contribution in [3.05, 3.63) is 34.3 Å². The minimum Gasteiger partial charge on any atom is -0.242 e. The Morgan fingerprint density at radius 1 is 1.35 bits per heavy atom. The molecule has 1 aliphatic rings. The summed E-state index contributed by atoms with van der Waals surface area (Å²) in [5.74, 6) is 0.585. The van der Waals surface area contributed by atoms with E-state index in [1.807, 2.05) is 33.8 Å². The van der Waals surface area contributed by atoms with Gasteiger partial charge in [-0.15, -0.1) is 0 Å². The van der Waals surface area contributed by atoms with Crippen LogP contribution in [0.2, 0.25) is 5.02 Å². The third-order valence-corrected chi connectivity index (χ3v) is 5.96. The third-order valence-electron chi connectivity index (χ3n) is 3.95. The van der Waals surface area contributed by atoms with E-state index in [1.165, 1.54) is 24.8 Å². The molecule has 1 aromatic carbocycles. The summed E-state index contributed by atoms with van der Waals surface area (Å²) in [6, 6.07) is 6.29. The van der Waals surface area contributed by atoms with Gasteiger partial charge in [-0.05, 0) is 63.6 Å². The summed E-state index contributed by atoms with van der Waals surface area (Å²) in [5.41, 5.74) is 2.28. The first-order valence-corrected chi connectivity index (χ1v) is 8.76. The van der Waals surface area contributed by atoms with E-state index < -0.39 is 11.0 Å². The SMILES string of the molecule is Cc1cc([C@@H](N[S@](=O)C(C)(C)C)C2CCC2)ccc1Cl. The molecule has 0 aliphatic heterocycles. The molecule has 0 spiro atoms. The lowest BCUT2D eigenvalue weighted by Gasteiger charge is -2.36. The van der Waals surface area contributed by atoms with Crippen LogP contribution in [0, 0.1) is 12.8 Å². The molecule has 1 aromatic rings. The second kappa shape index (κ2) is 6.17. The average molecular weight is 314 g/mol. The van der Waals surface area contributed by atoms with Gasteiger partial charge in [0.25, 0.3) is 0 Å². The molecule has 0 bridgehead atoms. The number of benzene rings is 1. The summed E-state index contributed by atoms with van der Waals surface area (Å²) in [6.45, 7) is 8.02.